The summed E-state index contributed by atoms with van der Waals surface area (Å²) >= 11 is 12.1. The van der Waals surface area contributed by atoms with E-state index in [0.717, 1.165) is 31.3 Å². The Morgan fingerprint density at radius 3 is 2.65 bits per heavy atom. The first kappa shape index (κ1) is 19.0. The Labute approximate surface area is 158 Å². The highest BCUT2D eigenvalue weighted by Gasteiger charge is 2.19. The minimum Gasteiger partial charge on any atom is -0.351 e. The summed E-state index contributed by atoms with van der Waals surface area (Å²) in [5, 5.41) is 4.55. The molecule has 8 heteroatoms. The summed E-state index contributed by atoms with van der Waals surface area (Å²) in [7, 11) is 0. The number of nitrogens with zero attached hydrogens (tertiary/aromatic N) is 1. The minimum absolute atomic E-state index is 0.0282. The summed E-state index contributed by atoms with van der Waals surface area (Å²) in [5.41, 5.74) is 1.96. The fourth-order valence-electron chi connectivity index (χ4n) is 1.83. The number of hydrogen-bond donors (Lipinski definition) is 1. The molecule has 0 spiro atoms. The number of nitrogens with one attached hydrogen (secondary N) is 1. The largest absolute Gasteiger partial charge is 0.351 e. The predicted molar refractivity (Wildman–Crippen MR) is 106 cm³/mol. The summed E-state index contributed by atoms with van der Waals surface area (Å²) in [6, 6.07) is 7.86. The van der Waals surface area contributed by atoms with E-state index < -0.39 is 0 Å². The highest BCUT2D eigenvalue weighted by molar-refractivity contribution is 8.01. The topological polar surface area (TPSA) is 42.0 Å². The standard InChI is InChI=1S/C15H17ClN2OS4/c1-20-14-12(15(21-2)23-18-14)13(19)17-7-8-22-9-10-3-5-11(16)6-4-10/h3-6H,7-9H2,1-2H3,(H,17,19). The lowest BCUT2D eigenvalue weighted by atomic mass is 10.2. The quantitative estimate of drug-likeness (QED) is 0.500. The van der Waals surface area contributed by atoms with Gasteiger partial charge >= 0.3 is 0 Å². The Hall–Kier alpha value is -0.340. The van der Waals surface area contributed by atoms with Crippen molar-refractivity contribution in [2.45, 2.75) is 15.0 Å². The lowest BCUT2D eigenvalue weighted by Crippen LogP contribution is -2.26. The van der Waals surface area contributed by atoms with Crippen LogP contribution in [0.1, 0.15) is 15.9 Å². The molecular formula is C15H17ClN2OS4. The van der Waals surface area contributed by atoms with Crippen LogP contribution < -0.4 is 5.32 Å². The van der Waals surface area contributed by atoms with Crippen LogP contribution >= 0.6 is 58.4 Å². The Bertz CT molecular complexity index is 624. The maximum absolute atomic E-state index is 12.3. The van der Waals surface area contributed by atoms with E-state index in [0.29, 0.717) is 6.54 Å². The third-order valence-electron chi connectivity index (χ3n) is 2.95. The zero-order valence-electron chi connectivity index (χ0n) is 12.8. The molecule has 0 saturated carbocycles. The van der Waals surface area contributed by atoms with Gasteiger partial charge in [0, 0.05) is 23.1 Å². The van der Waals surface area contributed by atoms with Crippen LogP contribution in [-0.4, -0.2) is 35.1 Å². The van der Waals surface area contributed by atoms with Gasteiger partial charge in [-0.05, 0) is 41.7 Å². The molecule has 1 aromatic carbocycles. The van der Waals surface area contributed by atoms with Gasteiger partial charge in [-0.2, -0.15) is 16.1 Å². The van der Waals surface area contributed by atoms with Crippen LogP contribution in [0.15, 0.2) is 33.5 Å². The Morgan fingerprint density at radius 1 is 1.26 bits per heavy atom. The second-order valence-corrected chi connectivity index (χ2v) is 8.68. The zero-order chi connectivity index (χ0) is 16.7. The van der Waals surface area contributed by atoms with Crippen molar-refractivity contribution in [2.75, 3.05) is 24.8 Å². The number of thioether (sulfide) groups is 3. The first-order chi connectivity index (χ1) is 11.2. The van der Waals surface area contributed by atoms with Crippen molar-refractivity contribution in [1.29, 1.82) is 0 Å². The monoisotopic (exact) mass is 404 g/mol. The molecule has 1 aromatic heterocycles. The molecule has 0 bridgehead atoms. The molecule has 0 aliphatic heterocycles. The molecule has 0 atom stereocenters. The maximum atomic E-state index is 12.3. The molecule has 1 N–H and O–H groups in total. The lowest BCUT2D eigenvalue weighted by molar-refractivity contribution is 0.0950. The van der Waals surface area contributed by atoms with Crippen molar-refractivity contribution in [3.05, 3.63) is 40.4 Å². The first-order valence-electron chi connectivity index (χ1n) is 6.83. The number of halogens is 1. The molecule has 0 fully saturated rings. The first-order valence-corrected chi connectivity index (χ1v) is 11.6. The van der Waals surface area contributed by atoms with E-state index in [-0.39, 0.29) is 5.91 Å². The van der Waals surface area contributed by atoms with Gasteiger partial charge in [-0.3, -0.25) is 4.79 Å². The van der Waals surface area contributed by atoms with Gasteiger partial charge in [-0.25, -0.2) is 0 Å². The summed E-state index contributed by atoms with van der Waals surface area (Å²) in [5.74, 6) is 1.76. The predicted octanol–water partition coefficient (Wildman–Crippen LogP) is 4.90. The molecule has 0 aliphatic rings. The van der Waals surface area contributed by atoms with E-state index in [1.54, 1.807) is 23.5 Å². The SMILES string of the molecule is CSc1nsc(SC)c1C(=O)NCCSCc1ccc(Cl)cc1. The number of benzene rings is 1. The second-order valence-electron chi connectivity index (χ2n) is 4.49. The smallest absolute Gasteiger partial charge is 0.256 e. The highest BCUT2D eigenvalue weighted by atomic mass is 35.5. The lowest BCUT2D eigenvalue weighted by Gasteiger charge is -2.06. The maximum Gasteiger partial charge on any atom is 0.256 e. The zero-order valence-corrected chi connectivity index (χ0v) is 16.8. The molecule has 2 aromatic rings. The number of aromatic nitrogens is 1. The van der Waals surface area contributed by atoms with Gasteiger partial charge in [0.15, 0.2) is 0 Å². The van der Waals surface area contributed by atoms with Gasteiger partial charge in [-0.15, -0.1) is 23.5 Å². The van der Waals surface area contributed by atoms with Crippen molar-refractivity contribution in [3.8, 4) is 0 Å². The van der Waals surface area contributed by atoms with Crippen molar-refractivity contribution in [3.63, 3.8) is 0 Å². The van der Waals surface area contributed by atoms with Gasteiger partial charge in [-0.1, -0.05) is 23.7 Å². The molecule has 3 nitrogen and oxygen atoms in total. The van der Waals surface area contributed by atoms with E-state index in [1.165, 1.54) is 28.9 Å². The van der Waals surface area contributed by atoms with E-state index in [9.17, 15) is 4.79 Å². The number of carbonyl (C=O) groups is 1. The molecule has 23 heavy (non-hydrogen) atoms. The second kappa shape index (κ2) is 9.84. The molecule has 1 heterocycles. The fourth-order valence-corrected chi connectivity index (χ4v) is 5.05. The highest BCUT2D eigenvalue weighted by Crippen LogP contribution is 2.32. The van der Waals surface area contributed by atoms with Crippen molar-refractivity contribution >= 4 is 64.3 Å². The third-order valence-corrected chi connectivity index (χ3v) is 6.97. The molecule has 0 aliphatic carbocycles. The summed E-state index contributed by atoms with van der Waals surface area (Å²) in [6.07, 6.45) is 3.91. The van der Waals surface area contributed by atoms with Crippen molar-refractivity contribution in [2.24, 2.45) is 0 Å². The van der Waals surface area contributed by atoms with E-state index in [4.69, 9.17) is 11.6 Å². The van der Waals surface area contributed by atoms with E-state index in [2.05, 4.69) is 9.69 Å². The number of rotatable bonds is 8. The van der Waals surface area contributed by atoms with Crippen LogP contribution in [0.5, 0.6) is 0 Å². The van der Waals surface area contributed by atoms with Crippen LogP contribution in [0.4, 0.5) is 0 Å². The van der Waals surface area contributed by atoms with Crippen LogP contribution in [0.25, 0.3) is 0 Å². The average Bonchev–Trinajstić information content (AvgIpc) is 2.99. The molecule has 124 valence electrons. The molecule has 0 saturated heterocycles. The Morgan fingerprint density at radius 2 is 2.00 bits per heavy atom. The molecule has 0 radical (unpaired) electrons. The van der Waals surface area contributed by atoms with Gasteiger partial charge in [0.05, 0.1) is 9.77 Å². The Kier molecular flexibility index (Phi) is 8.12. The van der Waals surface area contributed by atoms with Crippen molar-refractivity contribution in [1.82, 2.24) is 9.69 Å². The summed E-state index contributed by atoms with van der Waals surface area (Å²) in [4.78, 5) is 12.3. The normalized spacial score (nSPS) is 10.7. The number of hydrogen-bond acceptors (Lipinski definition) is 6. The molecule has 1 amide bonds. The van der Waals surface area contributed by atoms with Gasteiger partial charge < -0.3 is 5.32 Å². The summed E-state index contributed by atoms with van der Waals surface area (Å²) in [6.45, 7) is 0.647. The van der Waals surface area contributed by atoms with Crippen LogP contribution in [0.2, 0.25) is 5.02 Å². The fraction of sp³-hybridized carbons (Fsp3) is 0.333. The Balaban J connectivity index is 1.77. The number of amides is 1. The van der Waals surface area contributed by atoms with E-state index in [1.807, 2.05) is 36.8 Å². The molecule has 0 unspecified atom stereocenters. The van der Waals surface area contributed by atoms with Crippen LogP contribution in [0, 0.1) is 0 Å². The summed E-state index contributed by atoms with van der Waals surface area (Å²) < 4.78 is 5.30. The van der Waals surface area contributed by atoms with Gasteiger partial charge in [0.1, 0.15) is 5.03 Å². The molecule has 2 rings (SSSR count). The van der Waals surface area contributed by atoms with Crippen LogP contribution in [0.3, 0.4) is 0 Å². The number of carbonyl (C=O) groups excluding carboxylic acids is 1. The van der Waals surface area contributed by atoms with Crippen molar-refractivity contribution < 1.29 is 4.79 Å². The minimum atomic E-state index is -0.0282. The molecular weight excluding hydrogens is 388 g/mol. The average molecular weight is 405 g/mol. The van der Waals surface area contributed by atoms with Gasteiger partial charge in [0.25, 0.3) is 5.91 Å². The van der Waals surface area contributed by atoms with E-state index >= 15 is 0 Å². The van der Waals surface area contributed by atoms with Gasteiger partial charge in [0.2, 0.25) is 0 Å². The van der Waals surface area contributed by atoms with Crippen LogP contribution in [-0.2, 0) is 5.75 Å². The third kappa shape index (κ3) is 5.60.